The number of methoxy groups -OCH3 is 1. The first-order chi connectivity index (χ1) is 15.9. The predicted molar refractivity (Wildman–Crippen MR) is 131 cm³/mol. The molecule has 1 aromatic heterocycles. The van der Waals surface area contributed by atoms with E-state index in [9.17, 15) is 9.59 Å². The molecule has 1 N–H and O–H groups in total. The minimum atomic E-state index is -0.916. The minimum Gasteiger partial charge on any atom is -0.467 e. The third-order valence-electron chi connectivity index (χ3n) is 5.97. The summed E-state index contributed by atoms with van der Waals surface area (Å²) in [6, 6.07) is 14.3. The largest absolute Gasteiger partial charge is 0.467 e. The molecular formula is C26H31ClN2O4. The molecule has 1 heterocycles. The van der Waals surface area contributed by atoms with Crippen LogP contribution in [0.2, 0.25) is 5.02 Å². The van der Waals surface area contributed by atoms with Crippen molar-refractivity contribution in [3.8, 4) is 0 Å². The zero-order chi connectivity index (χ0) is 24.0. The van der Waals surface area contributed by atoms with E-state index in [0.29, 0.717) is 5.02 Å². The summed E-state index contributed by atoms with van der Waals surface area (Å²) in [5.41, 5.74) is 3.92. The second-order valence-electron chi connectivity index (χ2n) is 8.16. The number of aryl methyl sites for hydroxylation is 1. The minimum absolute atomic E-state index is 0.111. The molecular weight excluding hydrogens is 440 g/mol. The molecule has 2 atom stereocenters. The summed E-state index contributed by atoms with van der Waals surface area (Å²) in [6.45, 7) is 7.07. The summed E-state index contributed by atoms with van der Waals surface area (Å²) in [7, 11) is 1.31. The van der Waals surface area contributed by atoms with Crippen molar-refractivity contribution in [2.75, 3.05) is 7.11 Å². The Morgan fingerprint density at radius 2 is 1.88 bits per heavy atom. The van der Waals surface area contributed by atoms with Crippen LogP contribution in [0.15, 0.2) is 48.5 Å². The van der Waals surface area contributed by atoms with Gasteiger partial charge in [0.15, 0.2) is 0 Å². The molecule has 0 aliphatic rings. The lowest BCUT2D eigenvalue weighted by atomic mass is 9.91. The first kappa shape index (κ1) is 24.6. The number of halogens is 1. The fourth-order valence-electron chi connectivity index (χ4n) is 4.23. The van der Waals surface area contributed by atoms with Gasteiger partial charge in [0, 0.05) is 34.1 Å². The Kier molecular flexibility index (Phi) is 8.39. The van der Waals surface area contributed by atoms with Gasteiger partial charge in [-0.1, -0.05) is 62.2 Å². The highest BCUT2D eigenvalue weighted by atomic mass is 35.5. The fourth-order valence-corrected chi connectivity index (χ4v) is 4.41. The average molecular weight is 471 g/mol. The van der Waals surface area contributed by atoms with Crippen molar-refractivity contribution in [1.82, 2.24) is 9.88 Å². The van der Waals surface area contributed by atoms with Gasteiger partial charge in [0.2, 0.25) is 0 Å². The third-order valence-corrected chi connectivity index (χ3v) is 6.20. The lowest BCUT2D eigenvalue weighted by molar-refractivity contribution is -0.143. The molecule has 0 aliphatic heterocycles. The van der Waals surface area contributed by atoms with Gasteiger partial charge in [-0.25, -0.2) is 9.59 Å². The lowest BCUT2D eigenvalue weighted by Gasteiger charge is -2.23. The van der Waals surface area contributed by atoms with Gasteiger partial charge in [-0.3, -0.25) is 0 Å². The number of amides is 1. The van der Waals surface area contributed by atoms with E-state index in [-0.39, 0.29) is 12.5 Å². The molecule has 0 saturated carbocycles. The monoisotopic (exact) mass is 470 g/mol. The smallest absolute Gasteiger partial charge is 0.408 e. The molecule has 0 bridgehead atoms. The van der Waals surface area contributed by atoms with Crippen molar-refractivity contribution in [2.24, 2.45) is 0 Å². The van der Waals surface area contributed by atoms with Crippen LogP contribution in [-0.4, -0.2) is 29.8 Å². The van der Waals surface area contributed by atoms with E-state index in [1.54, 1.807) is 0 Å². The molecule has 2 aromatic carbocycles. The maximum absolute atomic E-state index is 12.7. The summed E-state index contributed by atoms with van der Waals surface area (Å²) < 4.78 is 12.6. The van der Waals surface area contributed by atoms with E-state index >= 15 is 0 Å². The molecule has 3 aromatic rings. The number of alkyl carbamates (subject to hydrolysis) is 1. The number of benzene rings is 2. The van der Waals surface area contributed by atoms with Crippen LogP contribution in [0.3, 0.4) is 0 Å². The summed E-state index contributed by atoms with van der Waals surface area (Å²) >= 11 is 6.32. The maximum Gasteiger partial charge on any atom is 0.408 e. The van der Waals surface area contributed by atoms with Crippen LogP contribution in [0.1, 0.15) is 49.4 Å². The molecule has 0 spiro atoms. The van der Waals surface area contributed by atoms with Crippen molar-refractivity contribution in [3.63, 3.8) is 0 Å². The predicted octanol–water partition coefficient (Wildman–Crippen LogP) is 5.97. The SMILES string of the molecule is CCCCn1c(C)c([C@@H](C)[C@@H](NC(=O)OCc2ccccc2)C(=O)OC)c2cc(Cl)ccc21. The summed E-state index contributed by atoms with van der Waals surface area (Å²) in [4.78, 5) is 25.3. The summed E-state index contributed by atoms with van der Waals surface area (Å²) in [5, 5.41) is 4.31. The molecule has 33 heavy (non-hydrogen) atoms. The highest BCUT2D eigenvalue weighted by molar-refractivity contribution is 6.31. The fraction of sp³-hybridized carbons (Fsp3) is 0.385. The van der Waals surface area contributed by atoms with Crippen LogP contribution in [0.25, 0.3) is 10.9 Å². The van der Waals surface area contributed by atoms with Gasteiger partial charge < -0.3 is 19.4 Å². The number of esters is 1. The number of rotatable bonds is 9. The number of carbonyl (C=O) groups is 2. The highest BCUT2D eigenvalue weighted by Crippen LogP contribution is 2.35. The second kappa shape index (κ2) is 11.2. The van der Waals surface area contributed by atoms with Crippen LogP contribution in [0.4, 0.5) is 4.79 Å². The molecule has 176 valence electrons. The number of ether oxygens (including phenoxy) is 2. The third kappa shape index (κ3) is 5.69. The van der Waals surface area contributed by atoms with Crippen LogP contribution >= 0.6 is 11.6 Å². The number of nitrogens with one attached hydrogen (secondary N) is 1. The number of unbranched alkanes of at least 4 members (excludes halogenated alkanes) is 1. The standard InChI is InChI=1S/C26H31ClN2O4/c1-5-6-14-29-18(3)23(21-15-20(27)12-13-22(21)29)17(2)24(25(30)32-4)28-26(31)33-16-19-10-8-7-9-11-19/h7-13,15,17,24H,5-6,14,16H2,1-4H3,(H,28,31)/t17-,24-/m1/s1. The Bertz CT molecular complexity index is 1110. The Balaban J connectivity index is 1.90. The van der Waals surface area contributed by atoms with E-state index in [1.165, 1.54) is 7.11 Å². The van der Waals surface area contributed by atoms with E-state index in [4.69, 9.17) is 21.1 Å². The van der Waals surface area contributed by atoms with E-state index in [1.807, 2.05) is 62.4 Å². The maximum atomic E-state index is 12.7. The van der Waals surface area contributed by atoms with Crippen molar-refractivity contribution < 1.29 is 19.1 Å². The van der Waals surface area contributed by atoms with Crippen molar-refractivity contribution in [1.29, 1.82) is 0 Å². The Hall–Kier alpha value is -2.99. The van der Waals surface area contributed by atoms with Gasteiger partial charge in [0.05, 0.1) is 7.11 Å². The number of hydrogen-bond acceptors (Lipinski definition) is 4. The molecule has 0 radical (unpaired) electrons. The van der Waals surface area contributed by atoms with E-state index < -0.39 is 18.1 Å². The molecule has 6 nitrogen and oxygen atoms in total. The quantitative estimate of drug-likeness (QED) is 0.391. The number of nitrogens with zero attached hydrogens (tertiary/aromatic N) is 1. The van der Waals surface area contributed by atoms with E-state index in [2.05, 4.69) is 16.8 Å². The summed E-state index contributed by atoms with van der Waals surface area (Å²) in [5.74, 6) is -0.902. The molecule has 7 heteroatoms. The van der Waals surface area contributed by atoms with Gasteiger partial charge in [-0.2, -0.15) is 0 Å². The van der Waals surface area contributed by atoms with Crippen molar-refractivity contribution in [2.45, 2.75) is 58.7 Å². The molecule has 0 aliphatic carbocycles. The molecule has 0 fully saturated rings. The van der Waals surface area contributed by atoms with Crippen molar-refractivity contribution in [3.05, 3.63) is 70.4 Å². The molecule has 3 rings (SSSR count). The van der Waals surface area contributed by atoms with Gasteiger partial charge >= 0.3 is 12.1 Å². The topological polar surface area (TPSA) is 69.6 Å². The number of fused-ring (bicyclic) bond motifs is 1. The van der Waals surface area contributed by atoms with Crippen LogP contribution in [0, 0.1) is 6.92 Å². The summed E-state index contributed by atoms with van der Waals surface area (Å²) in [6.07, 6.45) is 1.43. The number of carbonyl (C=O) groups excluding carboxylic acids is 2. The van der Waals surface area contributed by atoms with Gasteiger partial charge in [-0.15, -0.1) is 0 Å². The zero-order valence-corrected chi connectivity index (χ0v) is 20.3. The Labute approximate surface area is 199 Å². The molecule has 0 unspecified atom stereocenters. The van der Waals surface area contributed by atoms with Crippen LogP contribution < -0.4 is 5.32 Å². The van der Waals surface area contributed by atoms with Gasteiger partial charge in [0.1, 0.15) is 12.6 Å². The normalized spacial score (nSPS) is 12.9. The van der Waals surface area contributed by atoms with Crippen molar-refractivity contribution >= 4 is 34.6 Å². The number of hydrogen-bond donors (Lipinski definition) is 1. The molecule has 0 saturated heterocycles. The number of aromatic nitrogens is 1. The zero-order valence-electron chi connectivity index (χ0n) is 19.6. The van der Waals surface area contributed by atoms with Crippen LogP contribution in [-0.2, 0) is 27.4 Å². The lowest BCUT2D eigenvalue weighted by Crippen LogP contribution is -2.45. The van der Waals surface area contributed by atoms with Gasteiger partial charge in [0.25, 0.3) is 0 Å². The first-order valence-electron chi connectivity index (χ1n) is 11.2. The second-order valence-corrected chi connectivity index (χ2v) is 8.60. The Morgan fingerprint density at radius 1 is 1.15 bits per heavy atom. The Morgan fingerprint density at radius 3 is 2.55 bits per heavy atom. The average Bonchev–Trinajstić information content (AvgIpc) is 3.09. The highest BCUT2D eigenvalue weighted by Gasteiger charge is 2.33. The van der Waals surface area contributed by atoms with E-state index in [0.717, 1.165) is 47.1 Å². The first-order valence-corrected chi connectivity index (χ1v) is 11.6. The van der Waals surface area contributed by atoms with Gasteiger partial charge in [-0.05, 0) is 42.7 Å². The van der Waals surface area contributed by atoms with Crippen LogP contribution in [0.5, 0.6) is 0 Å². The molecule has 1 amide bonds.